The van der Waals surface area contributed by atoms with Gasteiger partial charge >= 0.3 is 0 Å². The molecule has 166 valence electrons. The van der Waals surface area contributed by atoms with Crippen LogP contribution in [0.4, 0.5) is 0 Å². The Morgan fingerprint density at radius 2 is 1.88 bits per heavy atom. The molecular weight excluding hydrogens is 438 g/mol. The molecule has 0 amide bonds. The third kappa shape index (κ3) is 3.85. The molecule has 0 atom stereocenters. The van der Waals surface area contributed by atoms with Crippen molar-refractivity contribution in [3.8, 4) is 17.2 Å². The van der Waals surface area contributed by atoms with Gasteiger partial charge in [-0.3, -0.25) is 4.79 Å². The number of ketones is 1. The molecule has 0 aliphatic carbocycles. The minimum Gasteiger partial charge on any atom is -0.497 e. The molecule has 1 aromatic heterocycles. The van der Waals surface area contributed by atoms with E-state index in [1.807, 2.05) is 73.3 Å². The fraction of sp³-hybridized carbons (Fsp3) is 0.148. The lowest BCUT2D eigenvalue weighted by molar-refractivity contribution is 0.101. The first-order valence-corrected chi connectivity index (χ1v) is 10.9. The van der Waals surface area contributed by atoms with Gasteiger partial charge in [-0.25, -0.2) is 0 Å². The Balaban J connectivity index is 1.44. The Bertz CT molecular complexity index is 1420. The molecule has 3 aromatic carbocycles. The number of fused-ring (bicyclic) bond motifs is 2. The van der Waals surface area contributed by atoms with Gasteiger partial charge in [0.05, 0.1) is 12.7 Å². The van der Waals surface area contributed by atoms with E-state index in [0.717, 1.165) is 33.3 Å². The zero-order valence-electron chi connectivity index (χ0n) is 18.5. The van der Waals surface area contributed by atoms with Gasteiger partial charge in [0.2, 0.25) is 5.78 Å². The number of hydrogen-bond acceptors (Lipinski definition) is 4. The zero-order chi connectivity index (χ0) is 23.1. The van der Waals surface area contributed by atoms with E-state index in [9.17, 15) is 4.79 Å². The number of allylic oxidation sites excluding steroid dienone is 1. The van der Waals surface area contributed by atoms with E-state index < -0.39 is 0 Å². The maximum atomic E-state index is 13.1. The highest BCUT2D eigenvalue weighted by Gasteiger charge is 2.30. The summed E-state index contributed by atoms with van der Waals surface area (Å²) in [5, 5.41) is 1.67. The zero-order valence-corrected chi connectivity index (χ0v) is 19.3. The van der Waals surface area contributed by atoms with Crippen LogP contribution in [0.3, 0.4) is 0 Å². The summed E-state index contributed by atoms with van der Waals surface area (Å²) in [6.45, 7) is 2.29. The Hall–Kier alpha value is -3.70. The minimum absolute atomic E-state index is 0.141. The number of methoxy groups -OCH3 is 1. The third-order valence-corrected chi connectivity index (χ3v) is 6.11. The van der Waals surface area contributed by atoms with Gasteiger partial charge in [0.15, 0.2) is 5.76 Å². The van der Waals surface area contributed by atoms with Gasteiger partial charge < -0.3 is 18.8 Å². The first kappa shape index (κ1) is 21.2. The average Bonchev–Trinajstić information content (AvgIpc) is 3.31. The van der Waals surface area contributed by atoms with E-state index in [2.05, 4.69) is 0 Å². The van der Waals surface area contributed by atoms with Crippen LogP contribution in [-0.4, -0.2) is 17.5 Å². The predicted molar refractivity (Wildman–Crippen MR) is 129 cm³/mol. The molecule has 0 unspecified atom stereocenters. The van der Waals surface area contributed by atoms with E-state index in [1.165, 1.54) is 0 Å². The average molecular weight is 460 g/mol. The molecule has 1 aliphatic heterocycles. The number of rotatable bonds is 5. The van der Waals surface area contributed by atoms with E-state index in [-0.39, 0.29) is 5.78 Å². The van der Waals surface area contributed by atoms with Gasteiger partial charge in [-0.2, -0.15) is 0 Å². The SMILES string of the molecule is COc1ccc2c(c1)c(C=C1Oc3c(ccc(OCc4ccc(Cl)cc4)c3C)C1=O)cn2C. The van der Waals surface area contributed by atoms with Crippen molar-refractivity contribution in [2.45, 2.75) is 13.5 Å². The monoisotopic (exact) mass is 459 g/mol. The number of Topliss-reactive ketones (excluding diaryl/α,β-unsaturated/α-hetero) is 1. The van der Waals surface area contributed by atoms with Gasteiger partial charge in [0.1, 0.15) is 23.9 Å². The Morgan fingerprint density at radius 3 is 2.64 bits per heavy atom. The molecule has 0 saturated carbocycles. The number of nitrogens with zero attached hydrogens (tertiary/aromatic N) is 1. The standard InChI is InChI=1S/C27H22ClNO4/c1-16-24(32-15-17-4-6-19(28)7-5-17)11-9-21-26(30)25(33-27(16)21)12-18-14-29(2)23-10-8-20(31-3)13-22(18)23/h4-14H,15H2,1-3H3. The number of ether oxygens (including phenoxy) is 3. The highest BCUT2D eigenvalue weighted by Crippen LogP contribution is 2.40. The smallest absolute Gasteiger partial charge is 0.231 e. The molecular formula is C27H22ClNO4. The highest BCUT2D eigenvalue weighted by molar-refractivity contribution is 6.30. The highest BCUT2D eigenvalue weighted by atomic mass is 35.5. The summed E-state index contributed by atoms with van der Waals surface area (Å²) in [4.78, 5) is 13.1. The second kappa shape index (κ2) is 8.34. The van der Waals surface area contributed by atoms with Gasteiger partial charge in [0.25, 0.3) is 0 Å². The number of carbonyl (C=O) groups is 1. The molecule has 0 spiro atoms. The number of halogens is 1. The van der Waals surface area contributed by atoms with E-state index in [0.29, 0.717) is 34.5 Å². The van der Waals surface area contributed by atoms with Crippen LogP contribution in [0.15, 0.2) is 66.6 Å². The summed E-state index contributed by atoms with van der Waals surface area (Å²) < 4.78 is 19.4. The van der Waals surface area contributed by atoms with E-state index in [1.54, 1.807) is 19.3 Å². The summed E-state index contributed by atoms with van der Waals surface area (Å²) in [5.41, 5.74) is 4.26. The van der Waals surface area contributed by atoms with Crippen molar-refractivity contribution < 1.29 is 19.0 Å². The number of aromatic nitrogens is 1. The summed E-state index contributed by atoms with van der Waals surface area (Å²) >= 11 is 5.95. The fourth-order valence-electron chi connectivity index (χ4n) is 4.05. The maximum Gasteiger partial charge on any atom is 0.231 e. The summed E-state index contributed by atoms with van der Waals surface area (Å²) in [5.74, 6) is 2.12. The Kier molecular flexibility index (Phi) is 5.35. The van der Waals surface area contributed by atoms with Crippen molar-refractivity contribution in [3.63, 3.8) is 0 Å². The molecule has 5 nitrogen and oxygen atoms in total. The lowest BCUT2D eigenvalue weighted by Gasteiger charge is -2.11. The second-order valence-electron chi connectivity index (χ2n) is 8.00. The van der Waals surface area contributed by atoms with Crippen LogP contribution in [0, 0.1) is 6.92 Å². The lowest BCUT2D eigenvalue weighted by Crippen LogP contribution is -1.98. The number of aryl methyl sites for hydroxylation is 1. The molecule has 0 radical (unpaired) electrons. The molecule has 33 heavy (non-hydrogen) atoms. The van der Waals surface area contributed by atoms with Crippen molar-refractivity contribution in [1.29, 1.82) is 0 Å². The molecule has 0 fully saturated rings. The molecule has 1 aliphatic rings. The summed E-state index contributed by atoms with van der Waals surface area (Å²) in [6, 6.07) is 17.0. The largest absolute Gasteiger partial charge is 0.497 e. The maximum absolute atomic E-state index is 13.1. The van der Waals surface area contributed by atoms with Crippen LogP contribution in [0.2, 0.25) is 5.02 Å². The van der Waals surface area contributed by atoms with Crippen molar-refractivity contribution in [2.75, 3.05) is 7.11 Å². The molecule has 2 heterocycles. The minimum atomic E-state index is -0.141. The third-order valence-electron chi connectivity index (χ3n) is 5.86. The first-order chi connectivity index (χ1) is 15.9. The molecule has 0 bridgehead atoms. The van der Waals surface area contributed by atoms with E-state index in [4.69, 9.17) is 25.8 Å². The van der Waals surface area contributed by atoms with Crippen molar-refractivity contribution in [2.24, 2.45) is 7.05 Å². The Labute approximate surface area is 196 Å². The molecule has 0 N–H and O–H groups in total. The normalized spacial score (nSPS) is 13.9. The Morgan fingerprint density at radius 1 is 1.09 bits per heavy atom. The molecule has 4 aromatic rings. The fourth-order valence-corrected chi connectivity index (χ4v) is 4.18. The summed E-state index contributed by atoms with van der Waals surface area (Å²) in [6.07, 6.45) is 3.77. The number of hydrogen-bond donors (Lipinski definition) is 0. The van der Waals surface area contributed by atoms with Crippen LogP contribution in [0.1, 0.15) is 27.0 Å². The molecule has 0 saturated heterocycles. The van der Waals surface area contributed by atoms with Crippen LogP contribution >= 0.6 is 11.6 Å². The molecule has 5 rings (SSSR count). The van der Waals surface area contributed by atoms with Crippen molar-refractivity contribution in [1.82, 2.24) is 4.57 Å². The topological polar surface area (TPSA) is 49.7 Å². The van der Waals surface area contributed by atoms with Crippen LogP contribution in [-0.2, 0) is 13.7 Å². The van der Waals surface area contributed by atoms with Gasteiger partial charge in [-0.15, -0.1) is 0 Å². The van der Waals surface area contributed by atoms with Gasteiger partial charge in [-0.1, -0.05) is 23.7 Å². The van der Waals surface area contributed by atoms with E-state index >= 15 is 0 Å². The van der Waals surface area contributed by atoms with Crippen LogP contribution in [0.5, 0.6) is 17.2 Å². The van der Waals surface area contributed by atoms with Crippen molar-refractivity contribution in [3.05, 3.63) is 93.8 Å². The first-order valence-electron chi connectivity index (χ1n) is 10.5. The second-order valence-corrected chi connectivity index (χ2v) is 8.44. The summed E-state index contributed by atoms with van der Waals surface area (Å²) in [7, 11) is 3.61. The predicted octanol–water partition coefficient (Wildman–Crippen LogP) is 6.34. The molecule has 6 heteroatoms. The quantitative estimate of drug-likeness (QED) is 0.326. The van der Waals surface area contributed by atoms with Gasteiger partial charge in [0, 0.05) is 40.3 Å². The van der Waals surface area contributed by atoms with Crippen molar-refractivity contribution >= 4 is 34.4 Å². The lowest BCUT2D eigenvalue weighted by atomic mass is 10.1. The number of carbonyl (C=O) groups excluding carboxylic acids is 1. The van der Waals surface area contributed by atoms with Gasteiger partial charge in [-0.05, 0) is 61.0 Å². The van der Waals surface area contributed by atoms with Crippen LogP contribution < -0.4 is 14.2 Å². The number of benzene rings is 3. The van der Waals surface area contributed by atoms with Crippen LogP contribution in [0.25, 0.3) is 17.0 Å².